The van der Waals surface area contributed by atoms with Crippen molar-refractivity contribution in [2.24, 2.45) is 17.2 Å². The third kappa shape index (κ3) is 2.76. The van der Waals surface area contributed by atoms with Crippen molar-refractivity contribution < 1.29 is 0 Å². The summed E-state index contributed by atoms with van der Waals surface area (Å²) in [4.78, 5) is 0. The van der Waals surface area contributed by atoms with Crippen LogP contribution in [-0.4, -0.2) is 0 Å². The summed E-state index contributed by atoms with van der Waals surface area (Å²) in [6.45, 7) is 6.89. The normalized spacial score (nSPS) is 24.8. The molecule has 1 aliphatic rings. The zero-order valence-electron chi connectivity index (χ0n) is 11.9. The van der Waals surface area contributed by atoms with Gasteiger partial charge in [-0.15, -0.1) is 0 Å². The molecule has 0 spiro atoms. The van der Waals surface area contributed by atoms with E-state index in [2.05, 4.69) is 50.5 Å². The number of rotatable bonds is 3. The van der Waals surface area contributed by atoms with Crippen LogP contribution in [-0.2, 0) is 0 Å². The Morgan fingerprint density at radius 1 is 1.22 bits per heavy atom. The molecule has 1 aliphatic carbocycles. The number of aryl methyl sites for hydroxylation is 1. The van der Waals surface area contributed by atoms with E-state index in [1.54, 1.807) is 0 Å². The molecule has 100 valence electrons. The Morgan fingerprint density at radius 3 is 2.44 bits per heavy atom. The van der Waals surface area contributed by atoms with Crippen molar-refractivity contribution in [2.75, 3.05) is 0 Å². The highest BCUT2D eigenvalue weighted by molar-refractivity contribution is 5.25. The maximum absolute atomic E-state index is 5.84. The lowest BCUT2D eigenvalue weighted by atomic mass is 9.65. The van der Waals surface area contributed by atoms with Crippen molar-refractivity contribution in [1.82, 2.24) is 5.43 Å². The summed E-state index contributed by atoms with van der Waals surface area (Å²) in [6, 6.07) is 9.06. The van der Waals surface area contributed by atoms with Gasteiger partial charge in [0.15, 0.2) is 0 Å². The monoisotopic (exact) mass is 246 g/mol. The van der Waals surface area contributed by atoms with Gasteiger partial charge in [0.2, 0.25) is 0 Å². The van der Waals surface area contributed by atoms with Gasteiger partial charge in [-0.1, -0.05) is 56.5 Å². The highest BCUT2D eigenvalue weighted by Crippen LogP contribution is 2.46. The lowest BCUT2D eigenvalue weighted by molar-refractivity contribution is 0.0982. The number of hydrogen-bond donors (Lipinski definition) is 2. The Balaban J connectivity index is 2.24. The number of benzene rings is 1. The van der Waals surface area contributed by atoms with Crippen LogP contribution in [0.2, 0.25) is 0 Å². The van der Waals surface area contributed by atoms with Gasteiger partial charge in [-0.3, -0.25) is 11.3 Å². The van der Waals surface area contributed by atoms with Gasteiger partial charge in [0, 0.05) is 6.04 Å². The fourth-order valence-corrected chi connectivity index (χ4v) is 3.36. The SMILES string of the molecule is Cc1ccc(C(NN)C2CCCCC2(C)C)cc1. The third-order valence-corrected chi connectivity index (χ3v) is 4.61. The molecular formula is C16H26N2. The number of hydrazine groups is 1. The van der Waals surface area contributed by atoms with E-state index >= 15 is 0 Å². The van der Waals surface area contributed by atoms with Crippen molar-refractivity contribution in [3.63, 3.8) is 0 Å². The second-order valence-electron chi connectivity index (χ2n) is 6.40. The van der Waals surface area contributed by atoms with Crippen LogP contribution < -0.4 is 11.3 Å². The van der Waals surface area contributed by atoms with E-state index in [1.165, 1.54) is 36.8 Å². The molecule has 0 bridgehead atoms. The Morgan fingerprint density at radius 2 is 1.89 bits per heavy atom. The van der Waals surface area contributed by atoms with Crippen molar-refractivity contribution >= 4 is 0 Å². The number of nitrogens with two attached hydrogens (primary N) is 1. The van der Waals surface area contributed by atoms with Gasteiger partial charge in [0.25, 0.3) is 0 Å². The summed E-state index contributed by atoms with van der Waals surface area (Å²) in [6.07, 6.45) is 5.27. The zero-order chi connectivity index (χ0) is 13.2. The average Bonchev–Trinajstić information content (AvgIpc) is 2.34. The Labute approximate surface area is 111 Å². The average molecular weight is 246 g/mol. The van der Waals surface area contributed by atoms with E-state index in [-0.39, 0.29) is 6.04 Å². The standard InChI is InChI=1S/C16H26N2/c1-12-7-9-13(10-8-12)15(18-17)14-6-4-5-11-16(14,2)3/h7-10,14-15,18H,4-6,11,17H2,1-3H3. The van der Waals surface area contributed by atoms with Gasteiger partial charge >= 0.3 is 0 Å². The molecule has 2 rings (SSSR count). The lowest BCUT2D eigenvalue weighted by Gasteiger charge is -2.43. The summed E-state index contributed by atoms with van der Waals surface area (Å²) < 4.78 is 0. The molecule has 1 saturated carbocycles. The van der Waals surface area contributed by atoms with E-state index in [0.717, 1.165) is 0 Å². The minimum absolute atomic E-state index is 0.279. The largest absolute Gasteiger partial charge is 0.271 e. The first-order chi connectivity index (χ1) is 8.54. The number of nitrogens with one attached hydrogen (secondary N) is 1. The van der Waals surface area contributed by atoms with Crippen LogP contribution in [0.1, 0.15) is 56.7 Å². The maximum atomic E-state index is 5.84. The van der Waals surface area contributed by atoms with Crippen LogP contribution in [0.4, 0.5) is 0 Å². The van der Waals surface area contributed by atoms with Gasteiger partial charge in [0.05, 0.1) is 0 Å². The molecule has 18 heavy (non-hydrogen) atoms. The van der Waals surface area contributed by atoms with E-state index in [4.69, 9.17) is 5.84 Å². The molecule has 0 aromatic heterocycles. The second kappa shape index (κ2) is 5.41. The Hall–Kier alpha value is -0.860. The van der Waals surface area contributed by atoms with Crippen LogP contribution >= 0.6 is 0 Å². The van der Waals surface area contributed by atoms with Gasteiger partial charge in [-0.2, -0.15) is 0 Å². The van der Waals surface area contributed by atoms with Crippen LogP contribution in [0.5, 0.6) is 0 Å². The van der Waals surface area contributed by atoms with Crippen LogP contribution in [0.3, 0.4) is 0 Å². The summed E-state index contributed by atoms with van der Waals surface area (Å²) in [5.41, 5.74) is 6.06. The third-order valence-electron chi connectivity index (χ3n) is 4.61. The molecule has 2 unspecified atom stereocenters. The predicted molar refractivity (Wildman–Crippen MR) is 77.0 cm³/mol. The first-order valence-corrected chi connectivity index (χ1v) is 7.07. The van der Waals surface area contributed by atoms with Crippen LogP contribution in [0.25, 0.3) is 0 Å². The molecule has 0 radical (unpaired) electrons. The lowest BCUT2D eigenvalue weighted by Crippen LogP contribution is -2.41. The molecule has 0 aliphatic heterocycles. The predicted octanol–water partition coefficient (Wildman–Crippen LogP) is 3.72. The molecule has 0 amide bonds. The highest BCUT2D eigenvalue weighted by Gasteiger charge is 2.37. The van der Waals surface area contributed by atoms with E-state index in [0.29, 0.717) is 11.3 Å². The van der Waals surface area contributed by atoms with Crippen molar-refractivity contribution in [3.8, 4) is 0 Å². The number of hydrogen-bond acceptors (Lipinski definition) is 2. The minimum atomic E-state index is 0.279. The quantitative estimate of drug-likeness (QED) is 0.630. The van der Waals surface area contributed by atoms with Crippen LogP contribution in [0, 0.1) is 18.3 Å². The highest BCUT2D eigenvalue weighted by atomic mass is 15.2. The molecule has 3 N–H and O–H groups in total. The van der Waals surface area contributed by atoms with Gasteiger partial charge in [-0.25, -0.2) is 0 Å². The molecule has 0 heterocycles. The maximum Gasteiger partial charge on any atom is 0.0493 e. The van der Waals surface area contributed by atoms with E-state index in [9.17, 15) is 0 Å². The summed E-state index contributed by atoms with van der Waals surface area (Å²) in [7, 11) is 0. The molecule has 1 aromatic rings. The first-order valence-electron chi connectivity index (χ1n) is 7.07. The molecule has 0 saturated heterocycles. The zero-order valence-corrected chi connectivity index (χ0v) is 11.9. The molecular weight excluding hydrogens is 220 g/mol. The Kier molecular flexibility index (Phi) is 4.08. The molecule has 2 atom stereocenters. The fourth-order valence-electron chi connectivity index (χ4n) is 3.36. The molecule has 1 aromatic carbocycles. The van der Waals surface area contributed by atoms with Gasteiger partial charge in [-0.05, 0) is 36.7 Å². The van der Waals surface area contributed by atoms with Crippen molar-refractivity contribution in [3.05, 3.63) is 35.4 Å². The molecule has 1 fully saturated rings. The van der Waals surface area contributed by atoms with E-state index in [1.807, 2.05) is 0 Å². The van der Waals surface area contributed by atoms with E-state index < -0.39 is 0 Å². The Bertz CT molecular complexity index is 381. The smallest absolute Gasteiger partial charge is 0.0493 e. The van der Waals surface area contributed by atoms with Crippen molar-refractivity contribution in [2.45, 2.75) is 52.5 Å². The minimum Gasteiger partial charge on any atom is -0.271 e. The summed E-state index contributed by atoms with van der Waals surface area (Å²) in [5.74, 6) is 6.47. The second-order valence-corrected chi connectivity index (χ2v) is 6.40. The van der Waals surface area contributed by atoms with Gasteiger partial charge in [0.1, 0.15) is 0 Å². The topological polar surface area (TPSA) is 38.0 Å². The molecule has 2 heteroatoms. The summed E-state index contributed by atoms with van der Waals surface area (Å²) in [5, 5.41) is 0. The fraction of sp³-hybridized carbons (Fsp3) is 0.625. The van der Waals surface area contributed by atoms with Crippen molar-refractivity contribution in [1.29, 1.82) is 0 Å². The van der Waals surface area contributed by atoms with Crippen LogP contribution in [0.15, 0.2) is 24.3 Å². The summed E-state index contributed by atoms with van der Waals surface area (Å²) >= 11 is 0. The van der Waals surface area contributed by atoms with Gasteiger partial charge < -0.3 is 0 Å². The molecule has 2 nitrogen and oxygen atoms in total. The first kappa shape index (κ1) is 13.6.